The van der Waals surface area contributed by atoms with Gasteiger partial charge >= 0.3 is 0 Å². The third-order valence-corrected chi connectivity index (χ3v) is 4.09. The fourth-order valence-corrected chi connectivity index (χ4v) is 2.98. The van der Waals surface area contributed by atoms with E-state index in [0.29, 0.717) is 12.3 Å². The summed E-state index contributed by atoms with van der Waals surface area (Å²) in [7, 11) is 0. The van der Waals surface area contributed by atoms with Crippen molar-refractivity contribution in [2.45, 2.75) is 38.6 Å². The average Bonchev–Trinajstić information content (AvgIpc) is 2.80. The van der Waals surface area contributed by atoms with E-state index in [1.54, 1.807) is 17.0 Å². The van der Waals surface area contributed by atoms with Crippen LogP contribution in [0.5, 0.6) is 0 Å². The van der Waals surface area contributed by atoms with E-state index in [1.807, 2.05) is 13.0 Å². The Balaban J connectivity index is 1.94. The Bertz CT molecular complexity index is 668. The number of rotatable bonds is 2. The molecule has 1 aromatic carbocycles. The summed E-state index contributed by atoms with van der Waals surface area (Å²) < 4.78 is 19.3. The highest BCUT2D eigenvalue weighted by atomic mass is 19.1. The number of hydrogen-bond donors (Lipinski definition) is 0. The molecule has 0 radical (unpaired) electrons. The minimum absolute atomic E-state index is 0.116. The summed E-state index contributed by atoms with van der Waals surface area (Å²) in [5, 5.41) is 3.92. The molecule has 2 heterocycles. The van der Waals surface area contributed by atoms with Crippen LogP contribution in [0.2, 0.25) is 0 Å². The molecule has 116 valence electrons. The largest absolute Gasteiger partial charge is 0.359 e. The molecule has 0 N–H and O–H groups in total. The Morgan fingerprint density at radius 1 is 1.32 bits per heavy atom. The summed E-state index contributed by atoms with van der Waals surface area (Å²) in [6.07, 6.45) is 3.81. The highest BCUT2D eigenvalue weighted by molar-refractivity contribution is 5.94. The number of carbonyl (C=O) groups excluding carboxylic acids is 1. The van der Waals surface area contributed by atoms with Crippen LogP contribution in [0.4, 0.5) is 4.39 Å². The zero-order chi connectivity index (χ0) is 15.5. The van der Waals surface area contributed by atoms with Gasteiger partial charge in [-0.05, 0) is 31.9 Å². The van der Waals surface area contributed by atoms with Crippen LogP contribution in [0.3, 0.4) is 0 Å². The Hall–Kier alpha value is -2.17. The maximum Gasteiger partial charge on any atom is 0.257 e. The molecule has 3 rings (SSSR count). The van der Waals surface area contributed by atoms with E-state index in [9.17, 15) is 9.18 Å². The Morgan fingerprint density at radius 2 is 2.14 bits per heavy atom. The van der Waals surface area contributed by atoms with E-state index in [1.165, 1.54) is 12.1 Å². The van der Waals surface area contributed by atoms with Gasteiger partial charge in [-0.2, -0.15) is 0 Å². The fourth-order valence-electron chi connectivity index (χ4n) is 2.98. The SMILES string of the molecule is Cc1cc([C@H]2CCCCCN2C(=O)c2ccccc2F)on1. The molecule has 0 aliphatic carbocycles. The van der Waals surface area contributed by atoms with Gasteiger partial charge in [0.1, 0.15) is 5.82 Å². The molecule has 0 spiro atoms. The van der Waals surface area contributed by atoms with Crippen LogP contribution in [0.25, 0.3) is 0 Å². The van der Waals surface area contributed by atoms with Gasteiger partial charge in [-0.3, -0.25) is 4.79 Å². The Labute approximate surface area is 128 Å². The number of hydrogen-bond acceptors (Lipinski definition) is 3. The molecular formula is C17H19FN2O2. The molecule has 1 amide bonds. The number of nitrogens with zero attached hydrogens (tertiary/aromatic N) is 2. The lowest BCUT2D eigenvalue weighted by atomic mass is 10.1. The van der Waals surface area contributed by atoms with Crippen molar-refractivity contribution in [2.24, 2.45) is 0 Å². The van der Waals surface area contributed by atoms with Crippen LogP contribution < -0.4 is 0 Å². The number of halogens is 1. The minimum atomic E-state index is -0.482. The van der Waals surface area contributed by atoms with Crippen LogP contribution in [0.15, 0.2) is 34.9 Å². The number of aromatic nitrogens is 1. The zero-order valence-corrected chi connectivity index (χ0v) is 12.6. The van der Waals surface area contributed by atoms with Crippen LogP contribution in [0.1, 0.15) is 53.5 Å². The number of benzene rings is 1. The summed E-state index contributed by atoms with van der Waals surface area (Å²) in [6, 6.07) is 7.81. The van der Waals surface area contributed by atoms with Gasteiger partial charge in [0.2, 0.25) is 0 Å². The maximum absolute atomic E-state index is 13.9. The van der Waals surface area contributed by atoms with Crippen molar-refractivity contribution in [1.29, 1.82) is 0 Å². The number of aryl methyl sites for hydroxylation is 1. The van der Waals surface area contributed by atoms with Gasteiger partial charge in [0.15, 0.2) is 5.76 Å². The fraction of sp³-hybridized carbons (Fsp3) is 0.412. The first-order valence-corrected chi connectivity index (χ1v) is 7.65. The van der Waals surface area contributed by atoms with Gasteiger partial charge in [0.25, 0.3) is 5.91 Å². The second kappa shape index (κ2) is 6.30. The molecule has 2 aromatic rings. The molecule has 1 aliphatic heterocycles. The molecule has 0 bridgehead atoms. The summed E-state index contributed by atoms with van der Waals surface area (Å²) >= 11 is 0. The lowest BCUT2D eigenvalue weighted by Crippen LogP contribution is -2.35. The number of amides is 1. The van der Waals surface area contributed by atoms with Crippen molar-refractivity contribution in [1.82, 2.24) is 10.1 Å². The van der Waals surface area contributed by atoms with Crippen molar-refractivity contribution in [2.75, 3.05) is 6.54 Å². The minimum Gasteiger partial charge on any atom is -0.359 e. The summed E-state index contributed by atoms with van der Waals surface area (Å²) in [4.78, 5) is 14.5. The van der Waals surface area contributed by atoms with E-state index in [0.717, 1.165) is 31.4 Å². The van der Waals surface area contributed by atoms with E-state index in [2.05, 4.69) is 5.16 Å². The topological polar surface area (TPSA) is 46.3 Å². The van der Waals surface area contributed by atoms with Gasteiger partial charge < -0.3 is 9.42 Å². The van der Waals surface area contributed by atoms with Gasteiger partial charge in [0.05, 0.1) is 17.3 Å². The Morgan fingerprint density at radius 3 is 2.86 bits per heavy atom. The number of carbonyl (C=O) groups is 1. The molecule has 5 heteroatoms. The summed E-state index contributed by atoms with van der Waals surface area (Å²) in [5.74, 6) is -0.0765. The Kier molecular flexibility index (Phi) is 4.22. The van der Waals surface area contributed by atoms with Crippen LogP contribution >= 0.6 is 0 Å². The van der Waals surface area contributed by atoms with E-state index >= 15 is 0 Å². The molecule has 1 saturated heterocycles. The first-order valence-electron chi connectivity index (χ1n) is 7.65. The first kappa shape index (κ1) is 14.8. The van der Waals surface area contributed by atoms with Crippen molar-refractivity contribution >= 4 is 5.91 Å². The second-order valence-electron chi connectivity index (χ2n) is 5.71. The van der Waals surface area contributed by atoms with Crippen molar-refractivity contribution in [3.63, 3.8) is 0 Å². The van der Waals surface area contributed by atoms with E-state index in [4.69, 9.17) is 4.52 Å². The second-order valence-corrected chi connectivity index (χ2v) is 5.71. The molecule has 1 aromatic heterocycles. The van der Waals surface area contributed by atoms with Crippen LogP contribution in [-0.4, -0.2) is 22.5 Å². The standard InChI is InChI=1S/C17H19FN2O2/c1-12-11-16(22-19-12)15-9-3-2-6-10-20(15)17(21)13-7-4-5-8-14(13)18/h4-5,7-8,11,15H,2-3,6,9-10H2,1H3/t15-/m1/s1. The maximum atomic E-state index is 13.9. The molecule has 1 atom stereocenters. The predicted octanol–water partition coefficient (Wildman–Crippen LogP) is 3.88. The van der Waals surface area contributed by atoms with E-state index in [-0.39, 0.29) is 17.5 Å². The van der Waals surface area contributed by atoms with Crippen molar-refractivity contribution < 1.29 is 13.7 Å². The number of likely N-dealkylation sites (tertiary alicyclic amines) is 1. The highest BCUT2D eigenvalue weighted by Gasteiger charge is 2.31. The normalized spacial score (nSPS) is 19.0. The van der Waals surface area contributed by atoms with Crippen LogP contribution in [-0.2, 0) is 0 Å². The lowest BCUT2D eigenvalue weighted by Gasteiger charge is -2.28. The first-order chi connectivity index (χ1) is 10.7. The monoisotopic (exact) mass is 302 g/mol. The van der Waals surface area contributed by atoms with Gasteiger partial charge in [-0.1, -0.05) is 30.1 Å². The van der Waals surface area contributed by atoms with E-state index < -0.39 is 5.82 Å². The molecule has 1 fully saturated rings. The predicted molar refractivity (Wildman–Crippen MR) is 79.9 cm³/mol. The lowest BCUT2D eigenvalue weighted by molar-refractivity contribution is 0.0646. The third kappa shape index (κ3) is 2.89. The molecular weight excluding hydrogens is 283 g/mol. The average molecular weight is 302 g/mol. The molecule has 4 nitrogen and oxygen atoms in total. The molecule has 0 saturated carbocycles. The van der Waals surface area contributed by atoms with Crippen LogP contribution in [0, 0.1) is 12.7 Å². The van der Waals surface area contributed by atoms with Crippen molar-refractivity contribution in [3.05, 3.63) is 53.2 Å². The zero-order valence-electron chi connectivity index (χ0n) is 12.6. The van der Waals surface area contributed by atoms with Gasteiger partial charge in [0, 0.05) is 12.6 Å². The highest BCUT2D eigenvalue weighted by Crippen LogP contribution is 2.32. The summed E-state index contributed by atoms with van der Waals surface area (Å²) in [6.45, 7) is 2.46. The molecule has 1 aliphatic rings. The summed E-state index contributed by atoms with van der Waals surface area (Å²) in [5.41, 5.74) is 0.906. The molecule has 0 unspecified atom stereocenters. The quantitative estimate of drug-likeness (QED) is 0.845. The van der Waals surface area contributed by atoms with Crippen molar-refractivity contribution in [3.8, 4) is 0 Å². The molecule has 22 heavy (non-hydrogen) atoms. The third-order valence-electron chi connectivity index (χ3n) is 4.09. The van der Waals surface area contributed by atoms with Gasteiger partial charge in [-0.15, -0.1) is 0 Å². The smallest absolute Gasteiger partial charge is 0.257 e. The van der Waals surface area contributed by atoms with Gasteiger partial charge in [-0.25, -0.2) is 4.39 Å².